The zero-order valence-corrected chi connectivity index (χ0v) is 26.9. The van der Waals surface area contributed by atoms with Crippen molar-refractivity contribution in [2.75, 3.05) is 0 Å². The number of nitrogens with zero attached hydrogens (tertiary/aromatic N) is 1. The summed E-state index contributed by atoms with van der Waals surface area (Å²) < 4.78 is 10.5. The van der Waals surface area contributed by atoms with Gasteiger partial charge in [0.25, 0.3) is 0 Å². The van der Waals surface area contributed by atoms with Gasteiger partial charge in [0.15, 0.2) is 0 Å². The summed E-state index contributed by atoms with van der Waals surface area (Å²) >= 11 is 5.67. The molecule has 0 bridgehead atoms. The summed E-state index contributed by atoms with van der Waals surface area (Å²) in [6.07, 6.45) is 0. The highest BCUT2D eigenvalue weighted by Crippen LogP contribution is 2.47. The van der Waals surface area contributed by atoms with Crippen LogP contribution >= 0.6 is 34.0 Å². The van der Waals surface area contributed by atoms with Crippen molar-refractivity contribution in [3.63, 3.8) is 0 Å². The molecule has 0 aliphatic rings. The average Bonchev–Trinajstić information content (AvgIpc) is 3.85. The Kier molecular flexibility index (Phi) is 5.08. The first-order valence-corrected chi connectivity index (χ1v) is 18.0. The second-order valence-electron chi connectivity index (χ2n) is 12.1. The van der Waals surface area contributed by atoms with Crippen molar-refractivity contribution in [3.05, 3.63) is 140 Å². The van der Waals surface area contributed by atoms with Gasteiger partial charge in [-0.3, -0.25) is 0 Å². The topological polar surface area (TPSA) is 4.93 Å². The van der Waals surface area contributed by atoms with Gasteiger partial charge in [0.05, 0.1) is 16.7 Å². The van der Waals surface area contributed by atoms with Crippen LogP contribution in [0.25, 0.3) is 99.1 Å². The number of hydrogen-bond acceptors (Lipinski definition) is 3. The number of hydrogen-bond donors (Lipinski definition) is 0. The smallest absolute Gasteiger partial charge is 0.0555 e. The molecule has 0 saturated heterocycles. The molecular weight excluding hydrogens is 615 g/mol. The Labute approximate surface area is 275 Å². The van der Waals surface area contributed by atoms with Crippen molar-refractivity contribution in [2.24, 2.45) is 0 Å². The van der Waals surface area contributed by atoms with E-state index in [4.69, 9.17) is 0 Å². The predicted octanol–water partition coefficient (Wildman–Crippen LogP) is 13.6. The van der Waals surface area contributed by atoms with Crippen LogP contribution in [0.1, 0.15) is 0 Å². The van der Waals surface area contributed by atoms with Crippen LogP contribution in [0.15, 0.2) is 140 Å². The standard InChI is InChI=1S/C42H23NS3/c1-4-13-32-26(9-1)30-22-31-28-11-3-6-16-36(28)45-40(31)23-34(30)43(32)33-14-8-18-38-42(33)41-25(12-7-17-37(41)46-38)24-19-20-29-27-10-2-5-15-35(27)44-39(29)21-24/h1-23H. The first-order chi connectivity index (χ1) is 22.8. The van der Waals surface area contributed by atoms with Gasteiger partial charge in [0.2, 0.25) is 0 Å². The van der Waals surface area contributed by atoms with Gasteiger partial charge in [-0.25, -0.2) is 0 Å². The van der Waals surface area contributed by atoms with Crippen LogP contribution in [0.3, 0.4) is 0 Å². The Morgan fingerprint density at radius 2 is 0.957 bits per heavy atom. The van der Waals surface area contributed by atoms with Gasteiger partial charge >= 0.3 is 0 Å². The molecule has 1 nitrogen and oxygen atoms in total. The van der Waals surface area contributed by atoms with Gasteiger partial charge in [0.1, 0.15) is 0 Å². The lowest BCUT2D eigenvalue weighted by molar-refractivity contribution is 1.20. The first kappa shape index (κ1) is 25.2. The van der Waals surface area contributed by atoms with E-state index in [9.17, 15) is 0 Å². The Balaban J connectivity index is 1.24. The number of fused-ring (bicyclic) bond motifs is 12. The molecule has 0 radical (unpaired) electrons. The Bertz CT molecular complexity index is 3040. The molecule has 0 saturated carbocycles. The summed E-state index contributed by atoms with van der Waals surface area (Å²) in [5.74, 6) is 0. The quantitative estimate of drug-likeness (QED) is 0.178. The van der Waals surface area contributed by atoms with Crippen molar-refractivity contribution < 1.29 is 0 Å². The second kappa shape index (κ2) is 9.27. The largest absolute Gasteiger partial charge is 0.309 e. The second-order valence-corrected chi connectivity index (χ2v) is 15.3. The van der Waals surface area contributed by atoms with E-state index in [2.05, 4.69) is 144 Å². The van der Waals surface area contributed by atoms with Gasteiger partial charge in [-0.05, 0) is 65.7 Å². The predicted molar refractivity (Wildman–Crippen MR) is 205 cm³/mol. The highest BCUT2D eigenvalue weighted by molar-refractivity contribution is 7.26. The summed E-state index contributed by atoms with van der Waals surface area (Å²) in [7, 11) is 0. The Morgan fingerprint density at radius 3 is 1.78 bits per heavy atom. The van der Waals surface area contributed by atoms with E-state index < -0.39 is 0 Å². The molecule has 214 valence electrons. The third-order valence-corrected chi connectivity index (χ3v) is 13.0. The maximum Gasteiger partial charge on any atom is 0.0555 e. The van der Waals surface area contributed by atoms with Crippen LogP contribution in [-0.2, 0) is 0 Å². The van der Waals surface area contributed by atoms with Gasteiger partial charge in [0, 0.05) is 71.3 Å². The first-order valence-electron chi connectivity index (χ1n) is 15.5. The van der Waals surface area contributed by atoms with E-state index in [1.165, 1.54) is 99.1 Å². The number of para-hydroxylation sites is 1. The SMILES string of the molecule is c1ccc2c(c1)sc1cc(-c3cccc4sc5cccc(-n6c7ccccc7c7cc8c(cc76)sc6ccccc68)c5c34)ccc12. The van der Waals surface area contributed by atoms with Gasteiger partial charge in [-0.2, -0.15) is 0 Å². The van der Waals surface area contributed by atoms with E-state index in [0.29, 0.717) is 0 Å². The summed E-state index contributed by atoms with van der Waals surface area (Å²) in [6, 6.07) is 52.0. The molecule has 11 rings (SSSR count). The lowest BCUT2D eigenvalue weighted by Gasteiger charge is -2.12. The van der Waals surface area contributed by atoms with Crippen molar-refractivity contribution in [3.8, 4) is 16.8 Å². The maximum absolute atomic E-state index is 2.52. The summed E-state index contributed by atoms with van der Waals surface area (Å²) in [5.41, 5.74) is 6.31. The molecule has 0 atom stereocenters. The molecular formula is C42H23NS3. The van der Waals surface area contributed by atoms with Crippen LogP contribution in [0.5, 0.6) is 0 Å². The third-order valence-electron chi connectivity index (χ3n) is 9.60. The normalized spacial score (nSPS) is 12.3. The lowest BCUT2D eigenvalue weighted by atomic mass is 9.98. The highest BCUT2D eigenvalue weighted by atomic mass is 32.1. The molecule has 7 aromatic carbocycles. The van der Waals surface area contributed by atoms with E-state index in [0.717, 1.165) is 0 Å². The summed E-state index contributed by atoms with van der Waals surface area (Å²) in [4.78, 5) is 0. The van der Waals surface area contributed by atoms with E-state index >= 15 is 0 Å². The van der Waals surface area contributed by atoms with Crippen LogP contribution in [0.4, 0.5) is 0 Å². The molecule has 0 unspecified atom stereocenters. The molecule has 11 aromatic rings. The van der Waals surface area contributed by atoms with Crippen LogP contribution in [0.2, 0.25) is 0 Å². The molecule has 0 aliphatic carbocycles. The minimum absolute atomic E-state index is 1.24. The van der Waals surface area contributed by atoms with E-state index in [1.807, 2.05) is 34.0 Å². The molecule has 0 N–H and O–H groups in total. The van der Waals surface area contributed by atoms with Crippen molar-refractivity contribution in [2.45, 2.75) is 0 Å². The summed E-state index contributed by atoms with van der Waals surface area (Å²) in [5, 5.41) is 10.6. The van der Waals surface area contributed by atoms with E-state index in [-0.39, 0.29) is 0 Å². The van der Waals surface area contributed by atoms with Crippen LogP contribution in [0, 0.1) is 0 Å². The zero-order valence-electron chi connectivity index (χ0n) is 24.5. The van der Waals surface area contributed by atoms with Gasteiger partial charge < -0.3 is 4.57 Å². The molecule has 0 fully saturated rings. The maximum atomic E-state index is 2.52. The number of benzene rings is 7. The van der Waals surface area contributed by atoms with Crippen LogP contribution < -0.4 is 0 Å². The Hall–Kier alpha value is -5.00. The highest BCUT2D eigenvalue weighted by Gasteiger charge is 2.20. The Morgan fingerprint density at radius 1 is 0.348 bits per heavy atom. The molecule has 4 aromatic heterocycles. The fourth-order valence-electron chi connectivity index (χ4n) is 7.62. The monoisotopic (exact) mass is 637 g/mol. The van der Waals surface area contributed by atoms with Crippen molar-refractivity contribution in [1.82, 2.24) is 4.57 Å². The minimum atomic E-state index is 1.24. The molecule has 0 spiro atoms. The zero-order chi connectivity index (χ0) is 29.9. The minimum Gasteiger partial charge on any atom is -0.309 e. The van der Waals surface area contributed by atoms with Gasteiger partial charge in [-0.15, -0.1) is 34.0 Å². The molecule has 0 aliphatic heterocycles. The fraction of sp³-hybridized carbons (Fsp3) is 0. The molecule has 0 amide bonds. The average molecular weight is 638 g/mol. The van der Waals surface area contributed by atoms with Crippen molar-refractivity contribution in [1.29, 1.82) is 0 Å². The number of rotatable bonds is 2. The molecule has 4 heterocycles. The fourth-order valence-corrected chi connectivity index (χ4v) is 11.0. The summed E-state index contributed by atoms with van der Waals surface area (Å²) in [6.45, 7) is 0. The number of thiophene rings is 3. The molecule has 4 heteroatoms. The van der Waals surface area contributed by atoms with Crippen LogP contribution in [-0.4, -0.2) is 4.57 Å². The molecule has 46 heavy (non-hydrogen) atoms. The number of aromatic nitrogens is 1. The lowest BCUT2D eigenvalue weighted by Crippen LogP contribution is -1.94. The van der Waals surface area contributed by atoms with E-state index in [1.54, 1.807) is 0 Å². The van der Waals surface area contributed by atoms with Crippen molar-refractivity contribution >= 4 is 116 Å². The van der Waals surface area contributed by atoms with Gasteiger partial charge in [-0.1, -0.05) is 84.9 Å². The third kappa shape index (κ3) is 3.38.